The van der Waals surface area contributed by atoms with Gasteiger partial charge in [0.1, 0.15) is 0 Å². The molecule has 3 rings (SSSR count). The van der Waals surface area contributed by atoms with E-state index in [0.717, 1.165) is 23.5 Å². The quantitative estimate of drug-likeness (QED) is 0.766. The van der Waals surface area contributed by atoms with E-state index in [1.54, 1.807) is 6.20 Å². The Labute approximate surface area is 124 Å². The van der Waals surface area contributed by atoms with Crippen molar-refractivity contribution in [3.8, 4) is 11.3 Å². The van der Waals surface area contributed by atoms with Crippen molar-refractivity contribution in [2.24, 2.45) is 7.05 Å². The van der Waals surface area contributed by atoms with Crippen LogP contribution in [0.25, 0.3) is 11.3 Å². The summed E-state index contributed by atoms with van der Waals surface area (Å²) in [6, 6.07) is 12.6. The molecule has 4 heteroatoms. The molecule has 0 radical (unpaired) electrons. The van der Waals surface area contributed by atoms with Crippen molar-refractivity contribution in [3.05, 3.63) is 59.5 Å². The third-order valence-corrected chi connectivity index (χ3v) is 4.06. The molecule has 21 heavy (non-hydrogen) atoms. The van der Waals surface area contributed by atoms with Crippen LogP contribution in [0.4, 0.5) is 5.69 Å². The average Bonchev–Trinajstić information content (AvgIpc) is 3.11. The van der Waals surface area contributed by atoms with Gasteiger partial charge in [0.05, 0.1) is 5.69 Å². The molecule has 0 atom stereocenters. The van der Waals surface area contributed by atoms with Crippen LogP contribution in [0.15, 0.2) is 42.6 Å². The molecule has 0 aliphatic heterocycles. The Morgan fingerprint density at radius 3 is 2.48 bits per heavy atom. The lowest BCUT2D eigenvalue weighted by Gasteiger charge is -2.07. The molecule has 1 aromatic carbocycles. The number of anilines is 1. The van der Waals surface area contributed by atoms with Crippen molar-refractivity contribution < 1.29 is 0 Å². The number of aromatic amines is 1. The Morgan fingerprint density at radius 1 is 1.14 bits per heavy atom. The highest BCUT2D eigenvalue weighted by Crippen LogP contribution is 2.20. The predicted octanol–water partition coefficient (Wildman–Crippen LogP) is 3.64. The number of nitrogens with zero attached hydrogens (tertiary/aromatic N) is 2. The first-order valence-electron chi connectivity index (χ1n) is 7.10. The van der Waals surface area contributed by atoms with Gasteiger partial charge in [0.15, 0.2) is 0 Å². The van der Waals surface area contributed by atoms with Crippen LogP contribution < -0.4 is 5.32 Å². The van der Waals surface area contributed by atoms with Gasteiger partial charge in [-0.1, -0.05) is 12.1 Å². The van der Waals surface area contributed by atoms with Gasteiger partial charge in [0, 0.05) is 36.9 Å². The van der Waals surface area contributed by atoms with Crippen LogP contribution >= 0.6 is 0 Å². The van der Waals surface area contributed by atoms with Crippen LogP contribution in [0.2, 0.25) is 0 Å². The van der Waals surface area contributed by atoms with Crippen LogP contribution in [0.5, 0.6) is 0 Å². The number of rotatable bonds is 4. The molecule has 0 aliphatic rings. The second-order valence-electron chi connectivity index (χ2n) is 5.36. The smallest absolute Gasteiger partial charge is 0.0650 e. The Hall–Kier alpha value is -2.49. The number of benzene rings is 1. The molecule has 2 aromatic heterocycles. The number of hydrogen-bond acceptors (Lipinski definition) is 2. The van der Waals surface area contributed by atoms with E-state index in [1.165, 1.54) is 17.0 Å². The Morgan fingerprint density at radius 2 is 1.90 bits per heavy atom. The summed E-state index contributed by atoms with van der Waals surface area (Å²) in [5.74, 6) is 0. The van der Waals surface area contributed by atoms with E-state index in [1.807, 2.05) is 6.07 Å². The van der Waals surface area contributed by atoms with E-state index in [9.17, 15) is 0 Å². The zero-order valence-corrected chi connectivity index (χ0v) is 12.6. The fourth-order valence-corrected chi connectivity index (χ4v) is 2.49. The van der Waals surface area contributed by atoms with E-state index < -0.39 is 0 Å². The summed E-state index contributed by atoms with van der Waals surface area (Å²) in [7, 11) is 2.10. The lowest BCUT2D eigenvalue weighted by atomic mass is 10.1. The molecule has 108 valence electrons. The fraction of sp³-hybridized carbons (Fsp3) is 0.235. The zero-order chi connectivity index (χ0) is 14.8. The van der Waals surface area contributed by atoms with Crippen LogP contribution in [0.1, 0.15) is 17.0 Å². The monoisotopic (exact) mass is 280 g/mol. The third-order valence-electron chi connectivity index (χ3n) is 4.06. The summed E-state index contributed by atoms with van der Waals surface area (Å²) >= 11 is 0. The standard InChI is InChI=1S/C17H20N4/c1-12-10-15(13(2)21(12)3)11-18-16-6-4-14(5-7-16)17-8-9-19-20-17/h4-10,18H,11H2,1-3H3,(H,19,20). The summed E-state index contributed by atoms with van der Waals surface area (Å²) in [5, 5.41) is 10.4. The van der Waals surface area contributed by atoms with Crippen LogP contribution in [-0.2, 0) is 13.6 Å². The van der Waals surface area contributed by atoms with Gasteiger partial charge in [-0.05, 0) is 49.2 Å². The van der Waals surface area contributed by atoms with E-state index >= 15 is 0 Å². The molecule has 0 unspecified atom stereocenters. The number of hydrogen-bond donors (Lipinski definition) is 2. The molecule has 4 nitrogen and oxygen atoms in total. The van der Waals surface area contributed by atoms with Crippen molar-refractivity contribution in [1.29, 1.82) is 0 Å². The third kappa shape index (κ3) is 2.70. The Kier molecular flexibility index (Phi) is 3.52. The molecule has 2 heterocycles. The van der Waals surface area contributed by atoms with Gasteiger partial charge >= 0.3 is 0 Å². The molecular weight excluding hydrogens is 260 g/mol. The topological polar surface area (TPSA) is 45.6 Å². The highest BCUT2D eigenvalue weighted by molar-refractivity contribution is 5.62. The summed E-state index contributed by atoms with van der Waals surface area (Å²) in [6.07, 6.45) is 1.77. The first-order valence-corrected chi connectivity index (χ1v) is 7.10. The molecule has 0 amide bonds. The van der Waals surface area contributed by atoms with Crippen molar-refractivity contribution in [1.82, 2.24) is 14.8 Å². The van der Waals surface area contributed by atoms with Crippen molar-refractivity contribution >= 4 is 5.69 Å². The number of H-pyrrole nitrogens is 1. The predicted molar refractivity (Wildman–Crippen MR) is 86.2 cm³/mol. The van der Waals surface area contributed by atoms with Crippen LogP contribution in [-0.4, -0.2) is 14.8 Å². The van der Waals surface area contributed by atoms with E-state index in [4.69, 9.17) is 0 Å². The second kappa shape index (κ2) is 5.48. The first-order chi connectivity index (χ1) is 10.1. The summed E-state index contributed by atoms with van der Waals surface area (Å²) in [4.78, 5) is 0. The van der Waals surface area contributed by atoms with Gasteiger partial charge in [-0.2, -0.15) is 5.10 Å². The summed E-state index contributed by atoms with van der Waals surface area (Å²) in [6.45, 7) is 5.14. The second-order valence-corrected chi connectivity index (χ2v) is 5.36. The lowest BCUT2D eigenvalue weighted by molar-refractivity contribution is 0.837. The SMILES string of the molecule is Cc1cc(CNc2ccc(-c3ccn[nH]3)cc2)c(C)n1C. The minimum Gasteiger partial charge on any atom is -0.381 e. The highest BCUT2D eigenvalue weighted by atomic mass is 15.1. The molecule has 2 N–H and O–H groups in total. The van der Waals surface area contributed by atoms with Gasteiger partial charge in [-0.15, -0.1) is 0 Å². The van der Waals surface area contributed by atoms with E-state index in [0.29, 0.717) is 0 Å². The Balaban J connectivity index is 1.69. The molecule has 0 aliphatic carbocycles. The van der Waals surface area contributed by atoms with Gasteiger partial charge in [-0.3, -0.25) is 5.10 Å². The summed E-state index contributed by atoms with van der Waals surface area (Å²) < 4.78 is 2.22. The number of aromatic nitrogens is 3. The number of aryl methyl sites for hydroxylation is 1. The molecular formula is C17H20N4. The maximum absolute atomic E-state index is 3.97. The zero-order valence-electron chi connectivity index (χ0n) is 12.6. The molecule has 0 saturated heterocycles. The molecule has 3 aromatic rings. The maximum atomic E-state index is 3.97. The number of nitrogens with one attached hydrogen (secondary N) is 2. The molecule has 0 spiro atoms. The van der Waals surface area contributed by atoms with Crippen LogP contribution in [0, 0.1) is 13.8 Å². The van der Waals surface area contributed by atoms with Crippen molar-refractivity contribution in [3.63, 3.8) is 0 Å². The van der Waals surface area contributed by atoms with Gasteiger partial charge in [0.2, 0.25) is 0 Å². The normalized spacial score (nSPS) is 10.8. The molecule has 0 fully saturated rings. The Bertz CT molecular complexity index is 721. The first kappa shape index (κ1) is 13.5. The van der Waals surface area contributed by atoms with Crippen molar-refractivity contribution in [2.45, 2.75) is 20.4 Å². The van der Waals surface area contributed by atoms with Gasteiger partial charge < -0.3 is 9.88 Å². The largest absolute Gasteiger partial charge is 0.381 e. The minimum atomic E-state index is 0.844. The maximum Gasteiger partial charge on any atom is 0.0650 e. The lowest BCUT2D eigenvalue weighted by Crippen LogP contribution is -2.01. The molecule has 0 bridgehead atoms. The average molecular weight is 280 g/mol. The van der Waals surface area contributed by atoms with Crippen LogP contribution in [0.3, 0.4) is 0 Å². The highest BCUT2D eigenvalue weighted by Gasteiger charge is 2.05. The van der Waals surface area contributed by atoms with Crippen molar-refractivity contribution in [2.75, 3.05) is 5.32 Å². The summed E-state index contributed by atoms with van der Waals surface area (Å²) in [5.41, 5.74) is 7.25. The van der Waals surface area contributed by atoms with E-state index in [-0.39, 0.29) is 0 Å². The van der Waals surface area contributed by atoms with Gasteiger partial charge in [-0.25, -0.2) is 0 Å². The minimum absolute atomic E-state index is 0.844. The fourth-order valence-electron chi connectivity index (χ4n) is 2.49. The molecule has 0 saturated carbocycles. The van der Waals surface area contributed by atoms with Gasteiger partial charge in [0.25, 0.3) is 0 Å². The van der Waals surface area contributed by atoms with E-state index in [2.05, 4.69) is 71.3 Å².